The van der Waals surface area contributed by atoms with E-state index in [9.17, 15) is 9.59 Å². The van der Waals surface area contributed by atoms with Gasteiger partial charge in [0.25, 0.3) is 0 Å². The average molecular weight is 399 g/mol. The average Bonchev–Trinajstić information content (AvgIpc) is 3.10. The number of piperidine rings is 1. The third kappa shape index (κ3) is 5.22. The summed E-state index contributed by atoms with van der Waals surface area (Å²) >= 11 is 0. The van der Waals surface area contributed by atoms with Gasteiger partial charge >= 0.3 is 6.09 Å². The largest absolute Gasteiger partial charge is 0.444 e. The zero-order valence-corrected chi connectivity index (χ0v) is 17.7. The number of carbonyl (C=O) groups is 2. The molecule has 2 aromatic rings. The SMILES string of the molecule is CCc1nc(CC(=O)[C@@H]2CCCCN2C(=O)OC(C)(C)C)nn1-c1ccccc1. The first-order chi connectivity index (χ1) is 13.8. The lowest BCUT2D eigenvalue weighted by Gasteiger charge is -2.35. The van der Waals surface area contributed by atoms with Gasteiger partial charge in [-0.25, -0.2) is 14.5 Å². The molecule has 0 bridgehead atoms. The van der Waals surface area contributed by atoms with E-state index in [1.165, 1.54) is 0 Å². The number of ether oxygens (including phenoxy) is 1. The lowest BCUT2D eigenvalue weighted by atomic mass is 9.97. The van der Waals surface area contributed by atoms with Gasteiger partial charge in [-0.3, -0.25) is 9.69 Å². The number of aromatic nitrogens is 3. The van der Waals surface area contributed by atoms with E-state index < -0.39 is 17.7 Å². The van der Waals surface area contributed by atoms with Gasteiger partial charge in [-0.1, -0.05) is 25.1 Å². The smallest absolute Gasteiger partial charge is 0.410 e. The van der Waals surface area contributed by atoms with E-state index in [4.69, 9.17) is 4.74 Å². The van der Waals surface area contributed by atoms with Gasteiger partial charge in [0.1, 0.15) is 11.4 Å². The van der Waals surface area contributed by atoms with Crippen molar-refractivity contribution < 1.29 is 14.3 Å². The zero-order valence-electron chi connectivity index (χ0n) is 17.7. The Morgan fingerprint density at radius 2 is 1.90 bits per heavy atom. The topological polar surface area (TPSA) is 77.3 Å². The molecule has 0 saturated carbocycles. The standard InChI is InChI=1S/C22H30N4O3/c1-5-20-23-19(24-26(20)16-11-7-6-8-12-16)15-18(27)17-13-9-10-14-25(17)21(28)29-22(2,3)4/h6-8,11-12,17H,5,9-10,13-15H2,1-4H3/t17-/m0/s1. The number of hydrogen-bond donors (Lipinski definition) is 0. The Balaban J connectivity index is 1.76. The number of amides is 1. The van der Waals surface area contributed by atoms with Crippen LogP contribution < -0.4 is 0 Å². The van der Waals surface area contributed by atoms with Crippen molar-refractivity contribution in [3.8, 4) is 5.69 Å². The Morgan fingerprint density at radius 1 is 1.17 bits per heavy atom. The first kappa shape index (κ1) is 21.0. The van der Waals surface area contributed by atoms with Crippen LogP contribution in [0.1, 0.15) is 58.6 Å². The Morgan fingerprint density at radius 3 is 2.55 bits per heavy atom. The lowest BCUT2D eigenvalue weighted by molar-refractivity contribution is -0.124. The van der Waals surface area contributed by atoms with Crippen molar-refractivity contribution in [2.45, 2.75) is 71.4 Å². The van der Waals surface area contributed by atoms with Crippen LogP contribution in [0.2, 0.25) is 0 Å². The van der Waals surface area contributed by atoms with E-state index in [1.807, 2.05) is 58.0 Å². The Bertz CT molecular complexity index is 855. The maximum atomic E-state index is 13.1. The summed E-state index contributed by atoms with van der Waals surface area (Å²) in [5.74, 6) is 1.26. The van der Waals surface area contributed by atoms with Crippen molar-refractivity contribution in [2.24, 2.45) is 0 Å². The maximum Gasteiger partial charge on any atom is 0.410 e. The second kappa shape index (κ2) is 8.76. The van der Waals surface area contributed by atoms with Gasteiger partial charge in [-0.05, 0) is 52.2 Å². The molecule has 1 fully saturated rings. The van der Waals surface area contributed by atoms with Crippen LogP contribution >= 0.6 is 0 Å². The number of Topliss-reactive ketones (excluding diaryl/α,β-unsaturated/α-hetero) is 1. The number of hydrogen-bond acceptors (Lipinski definition) is 5. The van der Waals surface area contributed by atoms with Crippen LogP contribution in [0.3, 0.4) is 0 Å². The molecule has 1 atom stereocenters. The summed E-state index contributed by atoms with van der Waals surface area (Å²) in [6, 6.07) is 9.29. The first-order valence-corrected chi connectivity index (χ1v) is 10.3. The quantitative estimate of drug-likeness (QED) is 0.767. The molecule has 1 aromatic heterocycles. The van der Waals surface area contributed by atoms with Gasteiger partial charge in [-0.2, -0.15) is 5.10 Å². The number of nitrogens with zero attached hydrogens (tertiary/aromatic N) is 4. The van der Waals surface area contributed by atoms with Crippen molar-refractivity contribution in [3.05, 3.63) is 42.0 Å². The Kier molecular flexibility index (Phi) is 6.35. The highest BCUT2D eigenvalue weighted by atomic mass is 16.6. The number of para-hydroxylation sites is 1. The molecule has 0 unspecified atom stereocenters. The molecule has 0 N–H and O–H groups in total. The minimum Gasteiger partial charge on any atom is -0.444 e. The third-order valence-electron chi connectivity index (χ3n) is 4.87. The molecule has 0 spiro atoms. The summed E-state index contributed by atoms with van der Waals surface area (Å²) in [6.07, 6.45) is 2.84. The zero-order chi connectivity index (χ0) is 21.0. The van der Waals surface area contributed by atoms with Gasteiger partial charge in [0.05, 0.1) is 18.2 Å². The molecule has 1 amide bonds. The van der Waals surface area contributed by atoms with Crippen LogP contribution in [0.25, 0.3) is 5.69 Å². The summed E-state index contributed by atoms with van der Waals surface area (Å²) < 4.78 is 7.29. The number of carbonyl (C=O) groups excluding carboxylic acids is 2. The van der Waals surface area contributed by atoms with E-state index in [2.05, 4.69) is 10.1 Å². The molecule has 7 heteroatoms. The number of ketones is 1. The van der Waals surface area contributed by atoms with Crippen LogP contribution in [-0.2, 0) is 22.4 Å². The van der Waals surface area contributed by atoms with Gasteiger partial charge in [-0.15, -0.1) is 0 Å². The maximum absolute atomic E-state index is 13.1. The summed E-state index contributed by atoms with van der Waals surface area (Å²) in [4.78, 5) is 31.8. The molecular weight excluding hydrogens is 368 g/mol. The highest BCUT2D eigenvalue weighted by Crippen LogP contribution is 2.22. The van der Waals surface area contributed by atoms with Crippen LogP contribution in [0, 0.1) is 0 Å². The molecule has 1 saturated heterocycles. The summed E-state index contributed by atoms with van der Waals surface area (Å²) in [5, 5.41) is 4.57. The number of likely N-dealkylation sites (tertiary alicyclic amines) is 1. The number of benzene rings is 1. The fraction of sp³-hybridized carbons (Fsp3) is 0.545. The van der Waals surface area contributed by atoms with E-state index in [1.54, 1.807) is 9.58 Å². The van der Waals surface area contributed by atoms with Crippen molar-refractivity contribution >= 4 is 11.9 Å². The summed E-state index contributed by atoms with van der Waals surface area (Å²) in [5.41, 5.74) is 0.331. The van der Waals surface area contributed by atoms with Crippen molar-refractivity contribution in [3.63, 3.8) is 0 Å². The summed E-state index contributed by atoms with van der Waals surface area (Å²) in [7, 11) is 0. The predicted molar refractivity (Wildman–Crippen MR) is 110 cm³/mol. The molecule has 7 nitrogen and oxygen atoms in total. The second-order valence-corrected chi connectivity index (χ2v) is 8.37. The third-order valence-corrected chi connectivity index (χ3v) is 4.87. The second-order valence-electron chi connectivity index (χ2n) is 8.37. The Labute approximate surface area is 172 Å². The fourth-order valence-corrected chi connectivity index (χ4v) is 3.55. The highest BCUT2D eigenvalue weighted by molar-refractivity contribution is 5.88. The molecule has 2 heterocycles. The molecule has 1 aliphatic heterocycles. The highest BCUT2D eigenvalue weighted by Gasteiger charge is 2.35. The molecule has 3 rings (SSSR count). The molecule has 29 heavy (non-hydrogen) atoms. The van der Waals surface area contributed by atoms with E-state index in [0.717, 1.165) is 24.4 Å². The van der Waals surface area contributed by atoms with Crippen LogP contribution in [0.5, 0.6) is 0 Å². The first-order valence-electron chi connectivity index (χ1n) is 10.3. The molecular formula is C22H30N4O3. The molecule has 1 aliphatic rings. The van der Waals surface area contributed by atoms with Gasteiger partial charge in [0, 0.05) is 13.0 Å². The minimum absolute atomic E-state index is 0.0385. The van der Waals surface area contributed by atoms with Gasteiger partial charge in [0.15, 0.2) is 11.6 Å². The van der Waals surface area contributed by atoms with Crippen molar-refractivity contribution in [2.75, 3.05) is 6.54 Å². The predicted octanol–water partition coefficient (Wildman–Crippen LogP) is 3.73. The molecule has 0 radical (unpaired) electrons. The Hall–Kier alpha value is -2.70. The monoisotopic (exact) mass is 398 g/mol. The summed E-state index contributed by atoms with van der Waals surface area (Å²) in [6.45, 7) is 8.05. The fourth-order valence-electron chi connectivity index (χ4n) is 3.55. The molecule has 156 valence electrons. The number of rotatable bonds is 5. The van der Waals surface area contributed by atoms with Crippen LogP contribution in [-0.4, -0.2) is 49.7 Å². The van der Waals surface area contributed by atoms with E-state index in [-0.39, 0.29) is 12.2 Å². The molecule has 0 aliphatic carbocycles. The van der Waals surface area contributed by atoms with Crippen LogP contribution in [0.4, 0.5) is 4.79 Å². The number of aryl methyl sites for hydroxylation is 1. The van der Waals surface area contributed by atoms with Crippen molar-refractivity contribution in [1.29, 1.82) is 0 Å². The van der Waals surface area contributed by atoms with Gasteiger partial charge < -0.3 is 4.74 Å². The normalized spacial score (nSPS) is 17.2. The van der Waals surface area contributed by atoms with Gasteiger partial charge in [0.2, 0.25) is 0 Å². The minimum atomic E-state index is -0.589. The van der Waals surface area contributed by atoms with E-state index in [0.29, 0.717) is 25.2 Å². The molecule has 1 aromatic carbocycles. The van der Waals surface area contributed by atoms with E-state index >= 15 is 0 Å². The van der Waals surface area contributed by atoms with Crippen molar-refractivity contribution in [1.82, 2.24) is 19.7 Å². The lowest BCUT2D eigenvalue weighted by Crippen LogP contribution is -2.50. The van der Waals surface area contributed by atoms with Crippen LogP contribution in [0.15, 0.2) is 30.3 Å².